The molecule has 1 aromatic carbocycles. The number of carbonyl (C=O) groups is 3. The molecule has 0 spiro atoms. The number of hydrogen-bond acceptors (Lipinski definition) is 3. The van der Waals surface area contributed by atoms with Crippen LogP contribution in [0, 0.1) is 5.92 Å². The van der Waals surface area contributed by atoms with Crippen LogP contribution in [0.5, 0.6) is 0 Å². The highest BCUT2D eigenvalue weighted by Crippen LogP contribution is 2.27. The van der Waals surface area contributed by atoms with Crippen molar-refractivity contribution in [1.29, 1.82) is 0 Å². The van der Waals surface area contributed by atoms with Gasteiger partial charge in [0.2, 0.25) is 5.91 Å². The molecule has 1 aromatic rings. The second-order valence-electron chi connectivity index (χ2n) is 9.24. The zero-order valence-corrected chi connectivity index (χ0v) is 21.0. The van der Waals surface area contributed by atoms with Gasteiger partial charge in [0.15, 0.2) is 0 Å². The molecule has 0 radical (unpaired) electrons. The highest BCUT2D eigenvalue weighted by Gasteiger charge is 2.31. The van der Waals surface area contributed by atoms with Crippen LogP contribution in [0.4, 0.5) is 5.69 Å². The molecular weight excluding hydrogens is 436 g/mol. The third kappa shape index (κ3) is 10.3. The fourth-order valence-corrected chi connectivity index (χ4v) is 4.51. The molecule has 1 saturated carbocycles. The van der Waals surface area contributed by atoms with E-state index in [4.69, 9.17) is 11.6 Å². The lowest BCUT2D eigenvalue weighted by Gasteiger charge is -2.12. The van der Waals surface area contributed by atoms with Gasteiger partial charge in [-0.15, -0.1) is 0 Å². The number of rotatable bonds is 16. The Morgan fingerprint density at radius 3 is 2.12 bits per heavy atom. The molecule has 2 rings (SSSR count). The predicted octanol–water partition coefficient (Wildman–Crippen LogP) is 7.08. The first kappa shape index (κ1) is 27.4. The molecule has 2 amide bonds. The maximum Gasteiger partial charge on any atom is 0.251 e. The molecule has 0 saturated heterocycles. The molecule has 1 unspecified atom stereocenters. The smallest absolute Gasteiger partial charge is 0.251 e. The Labute approximate surface area is 204 Å². The quantitative estimate of drug-likeness (QED) is 0.198. The van der Waals surface area contributed by atoms with Gasteiger partial charge in [-0.3, -0.25) is 14.4 Å². The number of ketones is 1. The summed E-state index contributed by atoms with van der Waals surface area (Å²) in [6.07, 6.45) is 17.2. The van der Waals surface area contributed by atoms with E-state index in [2.05, 4.69) is 17.6 Å². The fraction of sp³-hybridized carbons (Fsp3) is 0.667. The van der Waals surface area contributed by atoms with Crippen LogP contribution in [0.3, 0.4) is 0 Å². The number of carbonyl (C=O) groups excluding carboxylic acids is 3. The summed E-state index contributed by atoms with van der Waals surface area (Å²) < 4.78 is 0. The van der Waals surface area contributed by atoms with Gasteiger partial charge >= 0.3 is 0 Å². The lowest BCUT2D eigenvalue weighted by Crippen LogP contribution is -2.27. The van der Waals surface area contributed by atoms with Crippen LogP contribution >= 0.6 is 11.6 Å². The second-order valence-corrected chi connectivity index (χ2v) is 9.65. The molecule has 6 heteroatoms. The van der Waals surface area contributed by atoms with Crippen molar-refractivity contribution in [3.8, 4) is 0 Å². The normalized spacial score (nSPS) is 15.6. The van der Waals surface area contributed by atoms with Crippen LogP contribution in [0.1, 0.15) is 114 Å². The minimum atomic E-state index is -0.607. The van der Waals surface area contributed by atoms with Crippen molar-refractivity contribution in [2.75, 3.05) is 11.9 Å². The van der Waals surface area contributed by atoms with E-state index in [9.17, 15) is 14.4 Å². The largest absolute Gasteiger partial charge is 0.352 e. The third-order valence-corrected chi connectivity index (χ3v) is 6.75. The molecule has 1 fully saturated rings. The van der Waals surface area contributed by atoms with E-state index in [1.165, 1.54) is 64.2 Å². The summed E-state index contributed by atoms with van der Waals surface area (Å²) in [5, 5.41) is 6.02. The monoisotopic (exact) mass is 476 g/mol. The molecule has 33 heavy (non-hydrogen) atoms. The standard InChI is InChI=1S/C27H41ClN2O3/c1-2-3-4-5-6-7-8-9-10-11-12-13-19-29-26(32)21-17-18-23(28)24(20-21)30-27(33)22-15-14-16-25(22)31/h17-18,20,22H,2-16,19H2,1H3,(H,29,32)(H,30,33). The number of unbranched alkanes of at least 4 members (excludes halogenated alkanes) is 11. The Hall–Kier alpha value is -1.88. The molecular formula is C27H41ClN2O3. The highest BCUT2D eigenvalue weighted by molar-refractivity contribution is 6.34. The Kier molecular flexibility index (Phi) is 13.2. The summed E-state index contributed by atoms with van der Waals surface area (Å²) in [6.45, 7) is 2.89. The van der Waals surface area contributed by atoms with Gasteiger partial charge in [-0.1, -0.05) is 89.2 Å². The Morgan fingerprint density at radius 1 is 0.939 bits per heavy atom. The molecule has 5 nitrogen and oxygen atoms in total. The molecule has 0 aromatic heterocycles. The number of amides is 2. The van der Waals surface area contributed by atoms with Crippen molar-refractivity contribution < 1.29 is 14.4 Å². The van der Waals surface area contributed by atoms with Crippen LogP contribution in [-0.2, 0) is 9.59 Å². The lowest BCUT2D eigenvalue weighted by atomic mass is 10.1. The second kappa shape index (κ2) is 15.9. The SMILES string of the molecule is CCCCCCCCCCCCCCNC(=O)c1ccc(Cl)c(NC(=O)C2CCCC2=O)c1. The van der Waals surface area contributed by atoms with Gasteiger partial charge in [0.1, 0.15) is 5.78 Å². The summed E-state index contributed by atoms with van der Waals surface area (Å²) in [5.74, 6) is -1.15. The molecule has 0 heterocycles. The summed E-state index contributed by atoms with van der Waals surface area (Å²) in [7, 11) is 0. The Bertz CT molecular complexity index is 766. The summed E-state index contributed by atoms with van der Waals surface area (Å²) in [4.78, 5) is 36.7. The van der Waals surface area contributed by atoms with Gasteiger partial charge in [-0.25, -0.2) is 0 Å². The molecule has 0 aliphatic heterocycles. The van der Waals surface area contributed by atoms with Gasteiger partial charge in [0, 0.05) is 18.5 Å². The van der Waals surface area contributed by atoms with Crippen molar-refractivity contribution >= 4 is 34.9 Å². The van der Waals surface area contributed by atoms with Crippen LogP contribution in [0.15, 0.2) is 18.2 Å². The van der Waals surface area contributed by atoms with E-state index >= 15 is 0 Å². The van der Waals surface area contributed by atoms with E-state index in [0.29, 0.717) is 35.7 Å². The summed E-state index contributed by atoms with van der Waals surface area (Å²) in [5.41, 5.74) is 0.825. The molecule has 2 N–H and O–H groups in total. The lowest BCUT2D eigenvalue weighted by molar-refractivity contribution is -0.129. The first-order valence-electron chi connectivity index (χ1n) is 12.9. The zero-order valence-electron chi connectivity index (χ0n) is 20.2. The van der Waals surface area contributed by atoms with Gasteiger partial charge < -0.3 is 10.6 Å². The molecule has 184 valence electrons. The first-order valence-corrected chi connectivity index (χ1v) is 13.3. The summed E-state index contributed by atoms with van der Waals surface area (Å²) in [6, 6.07) is 4.83. The topological polar surface area (TPSA) is 75.3 Å². The van der Waals surface area contributed by atoms with Gasteiger partial charge in [-0.05, 0) is 37.5 Å². The molecule has 1 aliphatic carbocycles. The third-order valence-electron chi connectivity index (χ3n) is 6.42. The predicted molar refractivity (Wildman–Crippen MR) is 136 cm³/mol. The van der Waals surface area contributed by atoms with Gasteiger partial charge in [0.25, 0.3) is 5.91 Å². The Balaban J connectivity index is 1.60. The number of nitrogens with one attached hydrogen (secondary N) is 2. The zero-order chi connectivity index (χ0) is 23.9. The van der Waals surface area contributed by atoms with Crippen LogP contribution < -0.4 is 10.6 Å². The van der Waals surface area contributed by atoms with E-state index < -0.39 is 5.92 Å². The first-order chi connectivity index (χ1) is 16.0. The minimum Gasteiger partial charge on any atom is -0.352 e. The molecule has 1 atom stereocenters. The highest BCUT2D eigenvalue weighted by atomic mass is 35.5. The van der Waals surface area contributed by atoms with Crippen molar-refractivity contribution in [1.82, 2.24) is 5.32 Å². The maximum absolute atomic E-state index is 12.5. The fourth-order valence-electron chi connectivity index (χ4n) is 4.35. The number of Topliss-reactive ketones (excluding diaryl/α,β-unsaturated/α-hetero) is 1. The van der Waals surface area contributed by atoms with E-state index in [-0.39, 0.29) is 17.6 Å². The van der Waals surface area contributed by atoms with E-state index in [1.807, 2.05) is 0 Å². The van der Waals surface area contributed by atoms with Crippen LogP contribution in [0.25, 0.3) is 0 Å². The van der Waals surface area contributed by atoms with Crippen molar-refractivity contribution in [2.24, 2.45) is 5.92 Å². The number of halogens is 1. The minimum absolute atomic E-state index is 0.0278. The van der Waals surface area contributed by atoms with Gasteiger partial charge in [0.05, 0.1) is 16.6 Å². The Morgan fingerprint density at radius 2 is 1.55 bits per heavy atom. The van der Waals surface area contributed by atoms with E-state index in [0.717, 1.165) is 19.3 Å². The number of anilines is 1. The maximum atomic E-state index is 12.5. The van der Waals surface area contributed by atoms with E-state index in [1.54, 1.807) is 18.2 Å². The van der Waals surface area contributed by atoms with Crippen LogP contribution in [-0.4, -0.2) is 24.1 Å². The van der Waals surface area contributed by atoms with Crippen molar-refractivity contribution in [3.05, 3.63) is 28.8 Å². The molecule has 0 bridgehead atoms. The average Bonchev–Trinajstić information content (AvgIpc) is 3.24. The van der Waals surface area contributed by atoms with Crippen LogP contribution in [0.2, 0.25) is 5.02 Å². The van der Waals surface area contributed by atoms with Gasteiger partial charge in [-0.2, -0.15) is 0 Å². The molecule has 1 aliphatic rings. The van der Waals surface area contributed by atoms with Crippen molar-refractivity contribution in [3.63, 3.8) is 0 Å². The number of hydrogen-bond donors (Lipinski definition) is 2. The van der Waals surface area contributed by atoms with Crippen molar-refractivity contribution in [2.45, 2.75) is 103 Å². The summed E-state index contributed by atoms with van der Waals surface area (Å²) >= 11 is 6.19. The average molecular weight is 477 g/mol. The number of benzene rings is 1.